The first kappa shape index (κ1) is 19.7. The fourth-order valence-electron chi connectivity index (χ4n) is 3.32. The molecule has 3 rings (SSSR count). The molecule has 1 saturated carbocycles. The highest BCUT2D eigenvalue weighted by molar-refractivity contribution is 5.94. The highest BCUT2D eigenvalue weighted by Crippen LogP contribution is 2.46. The Morgan fingerprint density at radius 3 is 2.36 bits per heavy atom. The van der Waals surface area contributed by atoms with Crippen LogP contribution in [-0.4, -0.2) is 32.6 Å². The summed E-state index contributed by atoms with van der Waals surface area (Å²) in [4.78, 5) is 24.5. The van der Waals surface area contributed by atoms with Crippen LogP contribution in [0.4, 0.5) is 5.69 Å². The van der Waals surface area contributed by atoms with Gasteiger partial charge in [-0.1, -0.05) is 24.3 Å². The summed E-state index contributed by atoms with van der Waals surface area (Å²) >= 11 is 0. The standard InChI is InChI=1S/C22H26N2O4/c1-27-19-11-10-16(12-20(19)28-2)18(15-8-9-15)13-21(25)23-14-22(26)24-17-6-4-3-5-7-17/h3-7,10-12,15,18H,8-9,13-14H2,1-2H3,(H,23,25)(H,24,26). The molecular formula is C22H26N2O4. The first-order chi connectivity index (χ1) is 13.6. The average molecular weight is 382 g/mol. The minimum absolute atomic E-state index is 0.0446. The van der Waals surface area contributed by atoms with E-state index in [1.54, 1.807) is 26.4 Å². The first-order valence-electron chi connectivity index (χ1n) is 9.44. The third-order valence-corrected chi connectivity index (χ3v) is 4.94. The topological polar surface area (TPSA) is 76.7 Å². The van der Waals surface area contributed by atoms with E-state index in [-0.39, 0.29) is 24.3 Å². The second-order valence-corrected chi connectivity index (χ2v) is 6.95. The van der Waals surface area contributed by atoms with Crippen molar-refractivity contribution < 1.29 is 19.1 Å². The molecular weight excluding hydrogens is 356 g/mol. The molecule has 0 radical (unpaired) electrons. The van der Waals surface area contributed by atoms with Crippen molar-refractivity contribution in [2.45, 2.75) is 25.2 Å². The van der Waals surface area contributed by atoms with Gasteiger partial charge < -0.3 is 20.1 Å². The van der Waals surface area contributed by atoms with Crippen molar-refractivity contribution in [1.82, 2.24) is 5.32 Å². The van der Waals surface area contributed by atoms with Crippen LogP contribution in [0.2, 0.25) is 0 Å². The van der Waals surface area contributed by atoms with Gasteiger partial charge in [0, 0.05) is 12.1 Å². The minimum atomic E-state index is -0.242. The van der Waals surface area contributed by atoms with Crippen LogP contribution in [-0.2, 0) is 9.59 Å². The summed E-state index contributed by atoms with van der Waals surface area (Å²) in [7, 11) is 3.20. The Kier molecular flexibility index (Phi) is 6.53. The third kappa shape index (κ3) is 5.25. The van der Waals surface area contributed by atoms with E-state index in [2.05, 4.69) is 10.6 Å². The minimum Gasteiger partial charge on any atom is -0.493 e. The lowest BCUT2D eigenvalue weighted by atomic mass is 9.90. The van der Waals surface area contributed by atoms with Crippen molar-refractivity contribution in [2.75, 3.05) is 26.1 Å². The Balaban J connectivity index is 1.57. The van der Waals surface area contributed by atoms with Crippen molar-refractivity contribution in [1.29, 1.82) is 0 Å². The van der Waals surface area contributed by atoms with Gasteiger partial charge in [-0.15, -0.1) is 0 Å². The van der Waals surface area contributed by atoms with E-state index in [0.717, 1.165) is 18.4 Å². The molecule has 1 unspecified atom stereocenters. The largest absolute Gasteiger partial charge is 0.493 e. The molecule has 0 heterocycles. The van der Waals surface area contributed by atoms with Gasteiger partial charge in [0.25, 0.3) is 0 Å². The molecule has 1 fully saturated rings. The highest BCUT2D eigenvalue weighted by atomic mass is 16.5. The molecule has 0 aromatic heterocycles. The molecule has 6 heteroatoms. The van der Waals surface area contributed by atoms with E-state index in [0.29, 0.717) is 29.5 Å². The third-order valence-electron chi connectivity index (χ3n) is 4.94. The Bertz CT molecular complexity index is 819. The monoisotopic (exact) mass is 382 g/mol. The molecule has 2 aromatic carbocycles. The van der Waals surface area contributed by atoms with Gasteiger partial charge >= 0.3 is 0 Å². The molecule has 148 valence electrons. The predicted molar refractivity (Wildman–Crippen MR) is 108 cm³/mol. The summed E-state index contributed by atoms with van der Waals surface area (Å²) < 4.78 is 10.7. The molecule has 0 spiro atoms. The SMILES string of the molecule is COc1ccc(C(CC(=O)NCC(=O)Nc2ccccc2)C2CC2)cc1OC. The van der Waals surface area contributed by atoms with E-state index >= 15 is 0 Å². The number of ether oxygens (including phenoxy) is 2. The summed E-state index contributed by atoms with van der Waals surface area (Å²) in [6.07, 6.45) is 2.57. The van der Waals surface area contributed by atoms with Gasteiger partial charge in [-0.3, -0.25) is 9.59 Å². The molecule has 28 heavy (non-hydrogen) atoms. The zero-order valence-corrected chi connectivity index (χ0v) is 16.2. The maximum absolute atomic E-state index is 12.4. The molecule has 0 saturated heterocycles. The van der Waals surface area contributed by atoms with Crippen molar-refractivity contribution in [2.24, 2.45) is 5.92 Å². The molecule has 1 aliphatic carbocycles. The summed E-state index contributed by atoms with van der Waals surface area (Å²) in [5.74, 6) is 1.55. The molecule has 6 nitrogen and oxygen atoms in total. The van der Waals surface area contributed by atoms with Gasteiger partial charge in [0.15, 0.2) is 11.5 Å². The Labute approximate surface area is 165 Å². The van der Waals surface area contributed by atoms with Crippen molar-refractivity contribution in [3.05, 3.63) is 54.1 Å². The van der Waals surface area contributed by atoms with Crippen LogP contribution in [0, 0.1) is 5.92 Å². The normalized spacial score (nSPS) is 14.1. The lowest BCUT2D eigenvalue weighted by molar-refractivity contribution is -0.124. The maximum atomic E-state index is 12.4. The molecule has 0 aliphatic heterocycles. The fourth-order valence-corrected chi connectivity index (χ4v) is 3.32. The second-order valence-electron chi connectivity index (χ2n) is 6.95. The van der Waals surface area contributed by atoms with E-state index < -0.39 is 0 Å². The van der Waals surface area contributed by atoms with Crippen LogP contribution in [0.1, 0.15) is 30.7 Å². The molecule has 0 bridgehead atoms. The Morgan fingerprint density at radius 2 is 1.71 bits per heavy atom. The van der Waals surface area contributed by atoms with Crippen LogP contribution in [0.15, 0.2) is 48.5 Å². The number of amides is 2. The van der Waals surface area contributed by atoms with Crippen LogP contribution in [0.5, 0.6) is 11.5 Å². The lowest BCUT2D eigenvalue weighted by Crippen LogP contribution is -2.33. The number of benzene rings is 2. The van der Waals surface area contributed by atoms with Gasteiger partial charge in [-0.25, -0.2) is 0 Å². The lowest BCUT2D eigenvalue weighted by Gasteiger charge is -2.18. The quantitative estimate of drug-likeness (QED) is 0.697. The highest BCUT2D eigenvalue weighted by Gasteiger charge is 2.34. The van der Waals surface area contributed by atoms with Crippen LogP contribution >= 0.6 is 0 Å². The number of carbonyl (C=O) groups excluding carboxylic acids is 2. The molecule has 2 N–H and O–H groups in total. The molecule has 2 amide bonds. The second kappa shape index (κ2) is 9.26. The average Bonchev–Trinajstić information content (AvgIpc) is 3.56. The van der Waals surface area contributed by atoms with Gasteiger partial charge in [0.05, 0.1) is 20.8 Å². The Morgan fingerprint density at radius 1 is 1.00 bits per heavy atom. The van der Waals surface area contributed by atoms with Crippen LogP contribution in [0.3, 0.4) is 0 Å². The Hall–Kier alpha value is -3.02. The number of para-hydroxylation sites is 1. The molecule has 1 atom stereocenters. The summed E-state index contributed by atoms with van der Waals surface area (Å²) in [6, 6.07) is 15.0. The molecule has 2 aromatic rings. The number of rotatable bonds is 9. The van der Waals surface area contributed by atoms with Crippen molar-refractivity contribution >= 4 is 17.5 Å². The molecule has 1 aliphatic rings. The predicted octanol–water partition coefficient (Wildman–Crippen LogP) is 3.34. The van der Waals surface area contributed by atoms with Crippen LogP contribution < -0.4 is 20.1 Å². The van der Waals surface area contributed by atoms with E-state index in [1.165, 1.54) is 0 Å². The number of nitrogens with one attached hydrogen (secondary N) is 2. The van der Waals surface area contributed by atoms with Gasteiger partial charge in [0.2, 0.25) is 11.8 Å². The van der Waals surface area contributed by atoms with E-state index in [9.17, 15) is 9.59 Å². The maximum Gasteiger partial charge on any atom is 0.243 e. The summed E-state index contributed by atoms with van der Waals surface area (Å²) in [5.41, 5.74) is 1.77. The number of carbonyl (C=O) groups is 2. The van der Waals surface area contributed by atoms with Crippen molar-refractivity contribution in [3.63, 3.8) is 0 Å². The van der Waals surface area contributed by atoms with Gasteiger partial charge in [-0.2, -0.15) is 0 Å². The fraction of sp³-hybridized carbons (Fsp3) is 0.364. The van der Waals surface area contributed by atoms with E-state index in [1.807, 2.05) is 36.4 Å². The van der Waals surface area contributed by atoms with Crippen molar-refractivity contribution in [3.8, 4) is 11.5 Å². The zero-order valence-electron chi connectivity index (χ0n) is 16.2. The smallest absolute Gasteiger partial charge is 0.243 e. The number of hydrogen-bond donors (Lipinski definition) is 2. The van der Waals surface area contributed by atoms with Crippen LogP contribution in [0.25, 0.3) is 0 Å². The van der Waals surface area contributed by atoms with Gasteiger partial charge in [-0.05, 0) is 54.5 Å². The van der Waals surface area contributed by atoms with Gasteiger partial charge in [0.1, 0.15) is 0 Å². The zero-order chi connectivity index (χ0) is 19.9. The number of methoxy groups -OCH3 is 2. The number of hydrogen-bond acceptors (Lipinski definition) is 4. The number of anilines is 1. The van der Waals surface area contributed by atoms with E-state index in [4.69, 9.17) is 9.47 Å². The summed E-state index contributed by atoms with van der Waals surface area (Å²) in [6.45, 7) is -0.0446. The first-order valence-corrected chi connectivity index (χ1v) is 9.44. The summed E-state index contributed by atoms with van der Waals surface area (Å²) in [5, 5.41) is 5.49.